The standard InChI is InChI=1S/C48H47ClF5N7O4/c1-28-8-17-36(48(52,53)54)37(39(28)49)41-40(51)42-38-44(58-46(57-42)65-27-47-18-6-20-60(47)26-32(50)23-47)61(21-22-64-45(38)56-41)29(2)35-7-5-19-55-43(35)59(24-30-9-13-33(62-3)14-10-30)25-31-11-15-34(63-4)16-12-31/h5,7-17,19,29,32H,6,18,20-27H2,1-4H3/t29-,32-,47+/m1/s1. The molecule has 0 bridgehead atoms. The van der Waals surface area contributed by atoms with E-state index in [1.54, 1.807) is 20.4 Å². The number of hydrogen-bond donors (Lipinski definition) is 0. The SMILES string of the molecule is COc1ccc(CN(Cc2ccc(OC)cc2)c2ncccc2[C@@H](C)N2CCOc3nc(-c4c(C(F)(F)F)ccc(C)c4Cl)c(F)c4nc(OC[C@@]56CCCN5C[C@H](F)C6)nc2c34)cc1. The van der Waals surface area contributed by atoms with Crippen LogP contribution in [0.2, 0.25) is 5.02 Å². The van der Waals surface area contributed by atoms with E-state index in [0.717, 1.165) is 40.7 Å². The number of benzene rings is 3. The van der Waals surface area contributed by atoms with Crippen LogP contribution in [0.4, 0.5) is 33.6 Å². The molecule has 0 radical (unpaired) electrons. The predicted octanol–water partition coefficient (Wildman–Crippen LogP) is 10.3. The normalized spacial score (nSPS) is 18.9. The number of halogens is 6. The third-order valence-corrected chi connectivity index (χ3v) is 13.2. The smallest absolute Gasteiger partial charge is 0.417 e. The molecule has 0 unspecified atom stereocenters. The highest BCUT2D eigenvalue weighted by molar-refractivity contribution is 6.34. The second kappa shape index (κ2) is 17.8. The minimum absolute atomic E-state index is 0.00922. The Balaban J connectivity index is 1.18. The van der Waals surface area contributed by atoms with Crippen LogP contribution in [0.15, 0.2) is 79.0 Å². The molecule has 0 spiro atoms. The first-order valence-corrected chi connectivity index (χ1v) is 21.8. The minimum atomic E-state index is -4.90. The van der Waals surface area contributed by atoms with Gasteiger partial charge in [-0.05, 0) is 86.3 Å². The van der Waals surface area contributed by atoms with Crippen LogP contribution in [0.25, 0.3) is 22.2 Å². The number of anilines is 2. The Morgan fingerprint density at radius 2 is 1.63 bits per heavy atom. The molecule has 0 aliphatic carbocycles. The van der Waals surface area contributed by atoms with Crippen molar-refractivity contribution in [2.45, 2.75) is 70.1 Å². The van der Waals surface area contributed by atoms with Crippen molar-refractivity contribution in [1.29, 1.82) is 0 Å². The van der Waals surface area contributed by atoms with Gasteiger partial charge in [0.25, 0.3) is 0 Å². The zero-order valence-corrected chi connectivity index (χ0v) is 37.0. The first kappa shape index (κ1) is 44.2. The maximum atomic E-state index is 17.4. The van der Waals surface area contributed by atoms with Crippen molar-refractivity contribution in [2.24, 2.45) is 0 Å². The molecule has 3 atom stereocenters. The summed E-state index contributed by atoms with van der Waals surface area (Å²) in [5.41, 5.74) is -0.360. The van der Waals surface area contributed by atoms with Gasteiger partial charge >= 0.3 is 12.2 Å². The summed E-state index contributed by atoms with van der Waals surface area (Å²) < 4.78 is 99.5. The van der Waals surface area contributed by atoms with Crippen LogP contribution < -0.4 is 28.7 Å². The van der Waals surface area contributed by atoms with Crippen LogP contribution in [0.1, 0.15) is 60.0 Å². The lowest BCUT2D eigenvalue weighted by atomic mass is 9.95. The molecule has 3 aliphatic heterocycles. The number of alkyl halides is 4. The van der Waals surface area contributed by atoms with Gasteiger partial charge in [-0.1, -0.05) is 48.0 Å². The summed E-state index contributed by atoms with van der Waals surface area (Å²) in [5.74, 6) is 0.975. The average Bonchev–Trinajstić information content (AvgIpc) is 3.77. The third-order valence-electron chi connectivity index (χ3n) is 12.8. The highest BCUT2D eigenvalue weighted by Crippen LogP contribution is 2.48. The first-order valence-electron chi connectivity index (χ1n) is 21.4. The molecule has 3 aromatic carbocycles. The molecule has 9 rings (SSSR count). The highest BCUT2D eigenvalue weighted by atomic mass is 35.5. The summed E-state index contributed by atoms with van der Waals surface area (Å²) in [6.07, 6.45) is -2.41. The third kappa shape index (κ3) is 8.53. The van der Waals surface area contributed by atoms with E-state index < -0.39 is 46.6 Å². The lowest BCUT2D eigenvalue weighted by Gasteiger charge is -2.34. The summed E-state index contributed by atoms with van der Waals surface area (Å²) in [5, 5.41) is -0.267. The Bertz CT molecular complexity index is 2660. The Kier molecular flexibility index (Phi) is 12.1. The molecule has 2 saturated heterocycles. The minimum Gasteiger partial charge on any atom is -0.497 e. The van der Waals surface area contributed by atoms with Gasteiger partial charge in [0.1, 0.15) is 59.1 Å². The second-order valence-corrected chi connectivity index (χ2v) is 17.2. The molecule has 65 heavy (non-hydrogen) atoms. The van der Waals surface area contributed by atoms with E-state index in [9.17, 15) is 17.6 Å². The maximum absolute atomic E-state index is 17.4. The molecular weight excluding hydrogens is 869 g/mol. The van der Waals surface area contributed by atoms with E-state index in [4.69, 9.17) is 40.5 Å². The van der Waals surface area contributed by atoms with Crippen LogP contribution in [0.5, 0.6) is 23.4 Å². The van der Waals surface area contributed by atoms with Crippen LogP contribution >= 0.6 is 11.6 Å². The van der Waals surface area contributed by atoms with Gasteiger partial charge in [-0.3, -0.25) is 4.90 Å². The van der Waals surface area contributed by atoms with Crippen molar-refractivity contribution in [2.75, 3.05) is 56.9 Å². The fourth-order valence-corrected chi connectivity index (χ4v) is 9.70. The number of rotatable bonds is 13. The van der Waals surface area contributed by atoms with Crippen LogP contribution in [-0.2, 0) is 19.3 Å². The Morgan fingerprint density at radius 1 is 0.938 bits per heavy atom. The van der Waals surface area contributed by atoms with Gasteiger partial charge < -0.3 is 28.7 Å². The molecule has 0 N–H and O–H groups in total. The van der Waals surface area contributed by atoms with E-state index in [0.29, 0.717) is 37.4 Å². The summed E-state index contributed by atoms with van der Waals surface area (Å²) >= 11 is 6.58. The van der Waals surface area contributed by atoms with Gasteiger partial charge in [0.2, 0.25) is 5.88 Å². The largest absolute Gasteiger partial charge is 0.497 e. The number of hydrogen-bond acceptors (Lipinski definition) is 11. The van der Waals surface area contributed by atoms with Crippen molar-refractivity contribution < 1.29 is 40.9 Å². The topological polar surface area (TPSA) is 98.2 Å². The fourth-order valence-electron chi connectivity index (χ4n) is 9.44. The van der Waals surface area contributed by atoms with Crippen LogP contribution in [0, 0.1) is 12.7 Å². The van der Waals surface area contributed by atoms with Crippen LogP contribution in [-0.4, -0.2) is 83.6 Å². The van der Waals surface area contributed by atoms with Gasteiger partial charge in [0.15, 0.2) is 5.82 Å². The van der Waals surface area contributed by atoms with Gasteiger partial charge in [0, 0.05) is 43.4 Å². The van der Waals surface area contributed by atoms with E-state index in [1.807, 2.05) is 72.5 Å². The zero-order valence-electron chi connectivity index (χ0n) is 36.3. The maximum Gasteiger partial charge on any atom is 0.417 e. The van der Waals surface area contributed by atoms with Crippen molar-refractivity contribution >= 4 is 34.1 Å². The molecule has 3 aromatic heterocycles. The van der Waals surface area contributed by atoms with Crippen LogP contribution in [0.3, 0.4) is 0 Å². The molecule has 340 valence electrons. The lowest BCUT2D eigenvalue weighted by molar-refractivity contribution is -0.137. The molecule has 0 amide bonds. The summed E-state index contributed by atoms with van der Waals surface area (Å²) in [4.78, 5) is 25.0. The van der Waals surface area contributed by atoms with E-state index in [-0.39, 0.29) is 66.4 Å². The number of pyridine rings is 2. The monoisotopic (exact) mass is 915 g/mol. The Hall–Kier alpha value is -6.00. The number of fused-ring (bicyclic) bond motifs is 1. The van der Waals surface area contributed by atoms with E-state index >= 15 is 4.39 Å². The molecule has 11 nitrogen and oxygen atoms in total. The number of ether oxygens (including phenoxy) is 4. The number of methoxy groups -OCH3 is 2. The summed E-state index contributed by atoms with van der Waals surface area (Å²) in [6.45, 7) is 5.62. The van der Waals surface area contributed by atoms with Crippen molar-refractivity contribution in [3.63, 3.8) is 0 Å². The fraction of sp³-hybridized carbons (Fsp3) is 0.375. The van der Waals surface area contributed by atoms with Crippen molar-refractivity contribution in [1.82, 2.24) is 24.8 Å². The number of aryl methyl sites for hydroxylation is 1. The molecule has 3 aliphatic rings. The summed E-state index contributed by atoms with van der Waals surface area (Å²) in [6, 6.07) is 20.7. The molecule has 6 aromatic rings. The Morgan fingerprint density at radius 3 is 2.29 bits per heavy atom. The van der Waals surface area contributed by atoms with Gasteiger partial charge in [0.05, 0.1) is 42.9 Å². The highest BCUT2D eigenvalue weighted by Gasteiger charge is 2.49. The molecule has 0 saturated carbocycles. The van der Waals surface area contributed by atoms with Gasteiger partial charge in [-0.2, -0.15) is 23.1 Å². The van der Waals surface area contributed by atoms with Gasteiger partial charge in [-0.25, -0.2) is 18.7 Å². The lowest BCUT2D eigenvalue weighted by Crippen LogP contribution is -2.43. The molecular formula is C48H47ClF5N7O4. The molecule has 6 heterocycles. The first-order chi connectivity index (χ1) is 31.3. The van der Waals surface area contributed by atoms with Crippen molar-refractivity contribution in [3.05, 3.63) is 118 Å². The zero-order chi connectivity index (χ0) is 45.6. The number of nitrogens with zero attached hydrogens (tertiary/aromatic N) is 7. The summed E-state index contributed by atoms with van der Waals surface area (Å²) in [7, 11) is 3.23. The average molecular weight is 916 g/mol. The van der Waals surface area contributed by atoms with E-state index in [1.165, 1.54) is 13.0 Å². The second-order valence-electron chi connectivity index (χ2n) is 16.8. The molecule has 2 fully saturated rings. The number of aromatic nitrogens is 4. The predicted molar refractivity (Wildman–Crippen MR) is 237 cm³/mol. The van der Waals surface area contributed by atoms with E-state index in [2.05, 4.69) is 19.8 Å². The quantitative estimate of drug-likeness (QED) is 0.104. The molecule has 17 heteroatoms. The van der Waals surface area contributed by atoms with Gasteiger partial charge in [-0.15, -0.1) is 0 Å². The van der Waals surface area contributed by atoms with Crippen molar-refractivity contribution in [3.8, 4) is 34.6 Å². The Labute approximate surface area is 378 Å².